The normalized spacial score (nSPS) is 10.4. The summed E-state index contributed by atoms with van der Waals surface area (Å²) in [5.74, 6) is -0.750. The Morgan fingerprint density at radius 1 is 1.48 bits per heavy atom. The molecule has 2 aromatic rings. The zero-order chi connectivity index (χ0) is 15.2. The highest BCUT2D eigenvalue weighted by Crippen LogP contribution is 2.12. The fourth-order valence-corrected chi connectivity index (χ4v) is 1.90. The number of rotatable bonds is 6. The van der Waals surface area contributed by atoms with Gasteiger partial charge < -0.3 is 14.5 Å². The van der Waals surface area contributed by atoms with Crippen molar-refractivity contribution in [3.8, 4) is 0 Å². The SMILES string of the molecule is CCOC(=O)c1coc(NCCc2ccc(F)cc2C)n1. The number of esters is 1. The predicted molar refractivity (Wildman–Crippen MR) is 75.8 cm³/mol. The Labute approximate surface area is 122 Å². The molecule has 21 heavy (non-hydrogen) atoms. The zero-order valence-electron chi connectivity index (χ0n) is 12.0. The zero-order valence-corrected chi connectivity index (χ0v) is 12.0. The molecule has 0 saturated carbocycles. The van der Waals surface area contributed by atoms with Crippen LogP contribution in [0.3, 0.4) is 0 Å². The lowest BCUT2D eigenvalue weighted by Crippen LogP contribution is -2.08. The summed E-state index contributed by atoms with van der Waals surface area (Å²) in [6.45, 7) is 4.44. The van der Waals surface area contributed by atoms with Crippen LogP contribution in [0.15, 0.2) is 28.9 Å². The summed E-state index contributed by atoms with van der Waals surface area (Å²) >= 11 is 0. The van der Waals surface area contributed by atoms with Crippen LogP contribution in [0.25, 0.3) is 0 Å². The van der Waals surface area contributed by atoms with Crippen molar-refractivity contribution in [1.82, 2.24) is 4.98 Å². The summed E-state index contributed by atoms with van der Waals surface area (Å²) in [4.78, 5) is 15.4. The fraction of sp³-hybridized carbons (Fsp3) is 0.333. The van der Waals surface area contributed by atoms with E-state index in [0.29, 0.717) is 13.0 Å². The maximum Gasteiger partial charge on any atom is 0.360 e. The van der Waals surface area contributed by atoms with Crippen molar-refractivity contribution in [2.24, 2.45) is 0 Å². The monoisotopic (exact) mass is 292 g/mol. The van der Waals surface area contributed by atoms with E-state index in [2.05, 4.69) is 10.3 Å². The predicted octanol–water partition coefficient (Wildman–Crippen LogP) is 2.95. The van der Waals surface area contributed by atoms with Gasteiger partial charge in [-0.2, -0.15) is 4.98 Å². The molecule has 2 rings (SSSR count). The Hall–Kier alpha value is -2.37. The number of carbonyl (C=O) groups is 1. The van der Waals surface area contributed by atoms with Crippen molar-refractivity contribution in [3.05, 3.63) is 47.1 Å². The molecular formula is C15H17FN2O3. The van der Waals surface area contributed by atoms with Crippen molar-refractivity contribution in [2.45, 2.75) is 20.3 Å². The van der Waals surface area contributed by atoms with Gasteiger partial charge in [0, 0.05) is 6.54 Å². The van der Waals surface area contributed by atoms with Gasteiger partial charge >= 0.3 is 5.97 Å². The molecule has 0 aliphatic rings. The molecule has 0 saturated heterocycles. The van der Waals surface area contributed by atoms with E-state index < -0.39 is 5.97 Å². The number of aromatic nitrogens is 1. The summed E-state index contributed by atoms with van der Waals surface area (Å²) in [7, 11) is 0. The first kappa shape index (κ1) is 15.0. The number of anilines is 1. The molecule has 0 unspecified atom stereocenters. The molecule has 0 atom stereocenters. The highest BCUT2D eigenvalue weighted by molar-refractivity contribution is 5.87. The van der Waals surface area contributed by atoms with Gasteiger partial charge in [-0.05, 0) is 43.5 Å². The van der Waals surface area contributed by atoms with Crippen LogP contribution in [0, 0.1) is 12.7 Å². The molecule has 112 valence electrons. The molecule has 0 aliphatic carbocycles. The molecule has 0 bridgehead atoms. The molecule has 0 fully saturated rings. The molecule has 5 nitrogen and oxygen atoms in total. The number of halogens is 1. The minimum atomic E-state index is -0.510. The Bertz CT molecular complexity index is 625. The number of nitrogens with zero attached hydrogens (tertiary/aromatic N) is 1. The highest BCUT2D eigenvalue weighted by atomic mass is 19.1. The van der Waals surface area contributed by atoms with E-state index in [0.717, 1.165) is 11.1 Å². The lowest BCUT2D eigenvalue weighted by atomic mass is 10.1. The summed E-state index contributed by atoms with van der Waals surface area (Å²) < 4.78 is 22.9. The first-order valence-electron chi connectivity index (χ1n) is 6.71. The van der Waals surface area contributed by atoms with E-state index in [1.165, 1.54) is 18.4 Å². The van der Waals surface area contributed by atoms with E-state index in [4.69, 9.17) is 9.15 Å². The van der Waals surface area contributed by atoms with E-state index in [-0.39, 0.29) is 24.1 Å². The first-order valence-corrected chi connectivity index (χ1v) is 6.71. The van der Waals surface area contributed by atoms with Crippen molar-refractivity contribution >= 4 is 12.0 Å². The average molecular weight is 292 g/mol. The van der Waals surface area contributed by atoms with Crippen LogP contribution in [0.5, 0.6) is 0 Å². The van der Waals surface area contributed by atoms with Crippen LogP contribution in [-0.4, -0.2) is 24.1 Å². The van der Waals surface area contributed by atoms with Gasteiger partial charge in [-0.15, -0.1) is 0 Å². The second kappa shape index (κ2) is 6.88. The molecule has 0 amide bonds. The van der Waals surface area contributed by atoms with Crippen LogP contribution in [0.4, 0.5) is 10.4 Å². The Kier molecular flexibility index (Phi) is 4.92. The molecule has 6 heteroatoms. The van der Waals surface area contributed by atoms with E-state index in [1.807, 2.05) is 6.92 Å². The summed E-state index contributed by atoms with van der Waals surface area (Å²) in [6.07, 6.45) is 1.95. The van der Waals surface area contributed by atoms with Crippen LogP contribution < -0.4 is 5.32 Å². The highest BCUT2D eigenvalue weighted by Gasteiger charge is 2.12. The van der Waals surface area contributed by atoms with Crippen molar-refractivity contribution < 1.29 is 18.3 Å². The maximum atomic E-state index is 13.0. The van der Waals surface area contributed by atoms with Gasteiger partial charge in [0.1, 0.15) is 12.1 Å². The summed E-state index contributed by atoms with van der Waals surface area (Å²) in [5, 5.41) is 2.97. The fourth-order valence-electron chi connectivity index (χ4n) is 1.90. The second-order valence-corrected chi connectivity index (χ2v) is 4.51. The molecular weight excluding hydrogens is 275 g/mol. The number of aryl methyl sites for hydroxylation is 1. The van der Waals surface area contributed by atoms with Crippen LogP contribution in [0.2, 0.25) is 0 Å². The molecule has 0 spiro atoms. The van der Waals surface area contributed by atoms with Gasteiger partial charge in [0.2, 0.25) is 0 Å². The molecule has 0 radical (unpaired) electrons. The number of benzene rings is 1. The largest absolute Gasteiger partial charge is 0.461 e. The lowest BCUT2D eigenvalue weighted by molar-refractivity contribution is 0.0519. The number of oxazole rings is 1. The first-order chi connectivity index (χ1) is 10.1. The third kappa shape index (κ3) is 4.05. The Morgan fingerprint density at radius 3 is 3.00 bits per heavy atom. The van der Waals surface area contributed by atoms with E-state index in [9.17, 15) is 9.18 Å². The Morgan fingerprint density at radius 2 is 2.29 bits per heavy atom. The van der Waals surface area contributed by atoms with E-state index >= 15 is 0 Å². The second-order valence-electron chi connectivity index (χ2n) is 4.51. The van der Waals surface area contributed by atoms with Gasteiger partial charge in [0.05, 0.1) is 6.61 Å². The van der Waals surface area contributed by atoms with Crippen molar-refractivity contribution in [2.75, 3.05) is 18.5 Å². The van der Waals surface area contributed by atoms with Crippen LogP contribution in [-0.2, 0) is 11.2 Å². The smallest absolute Gasteiger partial charge is 0.360 e. The van der Waals surface area contributed by atoms with Crippen LogP contribution >= 0.6 is 0 Å². The number of nitrogens with one attached hydrogen (secondary N) is 1. The van der Waals surface area contributed by atoms with E-state index in [1.54, 1.807) is 13.0 Å². The maximum absolute atomic E-state index is 13.0. The van der Waals surface area contributed by atoms with Crippen molar-refractivity contribution in [1.29, 1.82) is 0 Å². The number of carbonyl (C=O) groups excluding carboxylic acids is 1. The summed E-state index contributed by atoms with van der Waals surface area (Å²) in [6, 6.07) is 4.95. The Balaban J connectivity index is 1.87. The summed E-state index contributed by atoms with van der Waals surface area (Å²) in [5.41, 5.74) is 2.08. The molecule has 1 aromatic heterocycles. The minimum Gasteiger partial charge on any atom is -0.461 e. The van der Waals surface area contributed by atoms with Gasteiger partial charge in [-0.25, -0.2) is 9.18 Å². The van der Waals surface area contributed by atoms with Gasteiger partial charge in [-0.1, -0.05) is 6.07 Å². The topological polar surface area (TPSA) is 64.4 Å². The molecule has 0 aliphatic heterocycles. The third-order valence-corrected chi connectivity index (χ3v) is 2.96. The quantitative estimate of drug-likeness (QED) is 0.829. The third-order valence-electron chi connectivity index (χ3n) is 2.96. The van der Waals surface area contributed by atoms with Gasteiger partial charge in [0.25, 0.3) is 6.01 Å². The minimum absolute atomic E-state index is 0.136. The molecule has 1 heterocycles. The average Bonchev–Trinajstić information content (AvgIpc) is 2.90. The number of hydrogen-bond acceptors (Lipinski definition) is 5. The molecule has 1 N–H and O–H groups in total. The lowest BCUT2D eigenvalue weighted by Gasteiger charge is -2.06. The number of ether oxygens (including phenoxy) is 1. The van der Waals surface area contributed by atoms with Gasteiger partial charge in [-0.3, -0.25) is 0 Å². The standard InChI is InChI=1S/C15H17FN2O3/c1-3-20-14(19)13-9-21-15(18-13)17-7-6-11-4-5-12(16)8-10(11)2/h4-5,8-9H,3,6-7H2,1-2H3,(H,17,18). The number of hydrogen-bond donors (Lipinski definition) is 1. The van der Waals surface area contributed by atoms with Crippen molar-refractivity contribution in [3.63, 3.8) is 0 Å². The molecule has 1 aromatic carbocycles. The van der Waals surface area contributed by atoms with Gasteiger partial charge in [0.15, 0.2) is 5.69 Å². The van der Waals surface area contributed by atoms with Crippen LogP contribution in [0.1, 0.15) is 28.5 Å².